The summed E-state index contributed by atoms with van der Waals surface area (Å²) in [6.45, 7) is 2.16. The summed E-state index contributed by atoms with van der Waals surface area (Å²) in [4.78, 5) is 35.1. The van der Waals surface area contributed by atoms with Crippen LogP contribution in [0.2, 0.25) is 0 Å². The van der Waals surface area contributed by atoms with Crippen LogP contribution in [0, 0.1) is 0 Å². The molecule has 0 aliphatic carbocycles. The molecule has 7 nitrogen and oxygen atoms in total. The maximum atomic E-state index is 13.6. The number of fused-ring (bicyclic) bond motifs is 1. The number of benzene rings is 2. The molecular formula is C26H27F3N5O2+. The minimum absolute atomic E-state index is 0.00355. The number of piperazine rings is 1. The number of alkyl halides is 3. The Labute approximate surface area is 206 Å². The molecule has 1 fully saturated rings. The zero-order chi connectivity index (χ0) is 25.3. The molecule has 1 aromatic heterocycles. The fraction of sp³-hybridized carbons (Fsp3) is 0.346. The van der Waals surface area contributed by atoms with Gasteiger partial charge in [0, 0.05) is 44.1 Å². The van der Waals surface area contributed by atoms with Crippen molar-refractivity contribution in [2.45, 2.75) is 25.1 Å². The maximum absolute atomic E-state index is 13.6. The molecule has 36 heavy (non-hydrogen) atoms. The number of carbonyl (C=O) groups is 2. The summed E-state index contributed by atoms with van der Waals surface area (Å²) in [6, 6.07) is 12.3. The topological polar surface area (TPSA) is 63.5 Å². The lowest BCUT2D eigenvalue weighted by Crippen LogP contribution is -2.53. The van der Waals surface area contributed by atoms with Crippen molar-refractivity contribution < 1.29 is 27.3 Å². The second-order valence-corrected chi connectivity index (χ2v) is 9.06. The van der Waals surface area contributed by atoms with Crippen molar-refractivity contribution in [1.82, 2.24) is 9.88 Å². The number of aromatic amines is 1. The van der Waals surface area contributed by atoms with Gasteiger partial charge in [0.2, 0.25) is 12.2 Å². The Kier molecular flexibility index (Phi) is 6.42. The van der Waals surface area contributed by atoms with Gasteiger partial charge in [0.25, 0.3) is 5.91 Å². The van der Waals surface area contributed by atoms with Gasteiger partial charge in [0.05, 0.1) is 12.0 Å². The molecule has 2 amide bonds. The van der Waals surface area contributed by atoms with Crippen LogP contribution in [0.15, 0.2) is 67.3 Å². The highest BCUT2D eigenvalue weighted by Gasteiger charge is 2.37. The summed E-state index contributed by atoms with van der Waals surface area (Å²) >= 11 is 0. The van der Waals surface area contributed by atoms with Crippen molar-refractivity contribution in [3.63, 3.8) is 0 Å². The number of aromatic nitrogens is 2. The fourth-order valence-electron chi connectivity index (χ4n) is 4.95. The lowest BCUT2D eigenvalue weighted by molar-refractivity contribution is -0.707. The van der Waals surface area contributed by atoms with Gasteiger partial charge in [0.1, 0.15) is 12.4 Å². The minimum atomic E-state index is -4.40. The average Bonchev–Trinajstić information content (AvgIpc) is 3.57. The SMILES string of the molecule is O=C(CC(C(=O)N1CCc2ccccc21)[n+]1cc[nH]c1)N1CCN(c2cccc(C(F)(F)F)c2)CC1. The zero-order valence-electron chi connectivity index (χ0n) is 19.6. The molecule has 3 aromatic rings. The summed E-state index contributed by atoms with van der Waals surface area (Å²) in [5.41, 5.74) is 1.79. The molecule has 0 saturated carbocycles. The number of halogens is 3. The van der Waals surface area contributed by atoms with E-state index in [2.05, 4.69) is 4.98 Å². The van der Waals surface area contributed by atoms with Crippen LogP contribution >= 0.6 is 0 Å². The van der Waals surface area contributed by atoms with Crippen LogP contribution in [-0.2, 0) is 22.2 Å². The smallest absolute Gasteiger partial charge is 0.368 e. The molecular weight excluding hydrogens is 471 g/mol. The van der Waals surface area contributed by atoms with Crippen LogP contribution < -0.4 is 14.4 Å². The van der Waals surface area contributed by atoms with E-state index in [0.29, 0.717) is 38.4 Å². The maximum Gasteiger partial charge on any atom is 0.416 e. The van der Waals surface area contributed by atoms with Crippen molar-refractivity contribution in [1.29, 1.82) is 0 Å². The second-order valence-electron chi connectivity index (χ2n) is 9.06. The molecule has 188 valence electrons. The molecule has 3 heterocycles. The molecule has 1 saturated heterocycles. The van der Waals surface area contributed by atoms with Crippen molar-refractivity contribution in [3.8, 4) is 0 Å². The average molecular weight is 499 g/mol. The van der Waals surface area contributed by atoms with Crippen molar-refractivity contribution in [3.05, 3.63) is 78.4 Å². The lowest BCUT2D eigenvalue weighted by atomic mass is 10.1. The molecule has 0 radical (unpaired) electrons. The number of rotatable bonds is 5. The lowest BCUT2D eigenvalue weighted by Gasteiger charge is -2.36. The molecule has 5 rings (SSSR count). The van der Waals surface area contributed by atoms with E-state index >= 15 is 0 Å². The van der Waals surface area contributed by atoms with Crippen molar-refractivity contribution in [2.24, 2.45) is 0 Å². The Morgan fingerprint density at radius 2 is 1.78 bits per heavy atom. The summed E-state index contributed by atoms with van der Waals surface area (Å²) in [7, 11) is 0. The Balaban J connectivity index is 1.26. The Morgan fingerprint density at radius 1 is 1.00 bits per heavy atom. The first-order valence-corrected chi connectivity index (χ1v) is 11.9. The van der Waals surface area contributed by atoms with E-state index in [0.717, 1.165) is 29.8 Å². The van der Waals surface area contributed by atoms with Crippen molar-refractivity contribution in [2.75, 3.05) is 42.5 Å². The van der Waals surface area contributed by atoms with E-state index in [-0.39, 0.29) is 18.2 Å². The first kappa shape index (κ1) is 23.9. The summed E-state index contributed by atoms with van der Waals surface area (Å²) in [5, 5.41) is 0. The number of nitrogens with one attached hydrogen (secondary N) is 1. The van der Waals surface area contributed by atoms with Gasteiger partial charge in [-0.1, -0.05) is 24.3 Å². The number of hydrogen-bond donors (Lipinski definition) is 1. The minimum Gasteiger partial charge on any atom is -0.368 e. The van der Waals surface area contributed by atoms with Gasteiger partial charge in [-0.25, -0.2) is 4.57 Å². The highest BCUT2D eigenvalue weighted by Crippen LogP contribution is 2.32. The number of nitrogens with zero attached hydrogens (tertiary/aromatic N) is 4. The highest BCUT2D eigenvalue weighted by atomic mass is 19.4. The van der Waals surface area contributed by atoms with Crippen LogP contribution in [0.5, 0.6) is 0 Å². The van der Waals surface area contributed by atoms with E-state index in [1.54, 1.807) is 39.2 Å². The summed E-state index contributed by atoms with van der Waals surface area (Å²) in [5.74, 6) is -0.293. The standard InChI is InChI=1S/C26H26F3N5O2/c27-26(28,29)20-5-3-6-21(16-20)31-12-14-32(15-13-31)24(35)17-23(33-11-9-30-18-33)25(36)34-10-8-19-4-1-2-7-22(19)34/h1-7,9,11,16,18,23H,8,10,12-15,17H2/p+1. The second kappa shape index (κ2) is 9.67. The van der Waals surface area contributed by atoms with E-state index in [9.17, 15) is 22.8 Å². The highest BCUT2D eigenvalue weighted by molar-refractivity contribution is 5.99. The van der Waals surface area contributed by atoms with E-state index in [1.807, 2.05) is 29.2 Å². The van der Waals surface area contributed by atoms with Gasteiger partial charge in [0.15, 0.2) is 6.04 Å². The molecule has 2 aliphatic rings. The largest absolute Gasteiger partial charge is 0.416 e. The number of imidazole rings is 1. The number of anilines is 2. The third-order valence-electron chi connectivity index (χ3n) is 6.90. The van der Waals surface area contributed by atoms with E-state index < -0.39 is 17.8 Å². The van der Waals surface area contributed by atoms with Crippen LogP contribution in [0.1, 0.15) is 23.6 Å². The Hall–Kier alpha value is -3.82. The van der Waals surface area contributed by atoms with Gasteiger partial charge in [-0.2, -0.15) is 13.2 Å². The molecule has 1 N–H and O–H groups in total. The van der Waals surface area contributed by atoms with Crippen LogP contribution in [-0.4, -0.2) is 54.4 Å². The third kappa shape index (κ3) is 4.80. The number of H-pyrrole nitrogens is 1. The molecule has 2 aromatic carbocycles. The van der Waals surface area contributed by atoms with Gasteiger partial charge < -0.3 is 14.7 Å². The fourth-order valence-corrected chi connectivity index (χ4v) is 4.95. The number of para-hydroxylation sites is 1. The first-order valence-electron chi connectivity index (χ1n) is 11.9. The van der Waals surface area contributed by atoms with Gasteiger partial charge in [-0.3, -0.25) is 14.6 Å². The number of amides is 2. The van der Waals surface area contributed by atoms with Crippen LogP contribution in [0.3, 0.4) is 0 Å². The van der Waals surface area contributed by atoms with Crippen LogP contribution in [0.4, 0.5) is 24.5 Å². The number of hydrogen-bond acceptors (Lipinski definition) is 3. The summed E-state index contributed by atoms with van der Waals surface area (Å²) < 4.78 is 41.0. The Morgan fingerprint density at radius 3 is 2.50 bits per heavy atom. The molecule has 2 aliphatic heterocycles. The summed E-state index contributed by atoms with van der Waals surface area (Å²) in [6.07, 6.45) is 1.49. The first-order chi connectivity index (χ1) is 17.3. The van der Waals surface area contributed by atoms with Crippen molar-refractivity contribution >= 4 is 23.2 Å². The molecule has 1 atom stereocenters. The molecule has 0 spiro atoms. The van der Waals surface area contributed by atoms with E-state index in [4.69, 9.17) is 0 Å². The van der Waals surface area contributed by atoms with Gasteiger partial charge in [-0.15, -0.1) is 0 Å². The predicted molar refractivity (Wildman–Crippen MR) is 127 cm³/mol. The van der Waals surface area contributed by atoms with Gasteiger partial charge >= 0.3 is 6.18 Å². The quantitative estimate of drug-likeness (QED) is 0.550. The number of carbonyl (C=O) groups excluding carboxylic acids is 2. The monoisotopic (exact) mass is 498 g/mol. The normalized spacial score (nSPS) is 16.7. The molecule has 0 bridgehead atoms. The van der Waals surface area contributed by atoms with E-state index in [1.165, 1.54) is 6.07 Å². The van der Waals surface area contributed by atoms with Crippen LogP contribution in [0.25, 0.3) is 0 Å². The van der Waals surface area contributed by atoms with Gasteiger partial charge in [-0.05, 0) is 36.2 Å². The molecule has 10 heteroatoms. The Bertz CT molecular complexity index is 1240. The predicted octanol–water partition coefficient (Wildman–Crippen LogP) is 3.19. The zero-order valence-corrected chi connectivity index (χ0v) is 19.6. The third-order valence-corrected chi connectivity index (χ3v) is 6.90. The molecule has 1 unspecified atom stereocenters.